The first-order valence-corrected chi connectivity index (χ1v) is 20.2. The van der Waals surface area contributed by atoms with Crippen LogP contribution in [0.15, 0.2) is 47.8 Å². The molecule has 1 aromatic heterocycles. The quantitative estimate of drug-likeness (QED) is 0.119. The van der Waals surface area contributed by atoms with Gasteiger partial charge in [-0.3, -0.25) is 34.4 Å². The molecule has 300 valence electrons. The van der Waals surface area contributed by atoms with Gasteiger partial charge >= 0.3 is 0 Å². The Bertz CT molecular complexity index is 1420. The summed E-state index contributed by atoms with van der Waals surface area (Å²) in [5.41, 5.74) is 3.73. The van der Waals surface area contributed by atoms with Crippen LogP contribution in [-0.4, -0.2) is 134 Å². The molecule has 2 fully saturated rings. The monoisotopic (exact) mass is 771 g/mol. The second-order valence-electron chi connectivity index (χ2n) is 14.7. The first-order valence-electron chi connectivity index (χ1n) is 19.3. The number of hydrogen-bond acceptors (Lipinski definition) is 11. The minimum atomic E-state index is -1.04. The molecule has 0 radical (unpaired) electrons. The number of nitrogens with zero attached hydrogens (tertiary/aromatic N) is 3. The number of hydrogen-bond donors (Lipinski definition) is 5. The summed E-state index contributed by atoms with van der Waals surface area (Å²) in [5.74, 6) is -1.49. The van der Waals surface area contributed by atoms with Crippen LogP contribution >= 0.6 is 11.3 Å². The van der Waals surface area contributed by atoms with Gasteiger partial charge in [0.1, 0.15) is 12.1 Å². The molecular formula is C39H61N7O7S. The summed E-state index contributed by atoms with van der Waals surface area (Å²) in [6, 6.07) is 10.8. The van der Waals surface area contributed by atoms with Gasteiger partial charge in [-0.05, 0) is 35.3 Å². The van der Waals surface area contributed by atoms with Crippen LogP contribution < -0.4 is 21.4 Å². The Labute approximate surface area is 324 Å². The van der Waals surface area contributed by atoms with Crippen molar-refractivity contribution < 1.29 is 33.8 Å². The third-order valence-electron chi connectivity index (χ3n) is 9.78. The van der Waals surface area contributed by atoms with Crippen molar-refractivity contribution in [1.82, 2.24) is 36.2 Å². The van der Waals surface area contributed by atoms with E-state index in [0.29, 0.717) is 51.6 Å². The van der Waals surface area contributed by atoms with Gasteiger partial charge in [-0.15, -0.1) is 11.3 Å². The Morgan fingerprint density at radius 1 is 0.759 bits per heavy atom. The van der Waals surface area contributed by atoms with E-state index in [1.165, 1.54) is 0 Å². The summed E-state index contributed by atoms with van der Waals surface area (Å²) in [6.07, 6.45) is -0.292. The molecule has 5 N–H and O–H groups in total. The molecule has 2 aliphatic heterocycles. The second kappa shape index (κ2) is 22.8. The van der Waals surface area contributed by atoms with E-state index in [4.69, 9.17) is 9.47 Å². The fourth-order valence-corrected chi connectivity index (χ4v) is 7.20. The van der Waals surface area contributed by atoms with Crippen molar-refractivity contribution in [1.29, 1.82) is 0 Å². The number of aliphatic hydroxyl groups excluding tert-OH is 1. The highest BCUT2D eigenvalue weighted by molar-refractivity contribution is 7.09. The van der Waals surface area contributed by atoms with Crippen molar-refractivity contribution in [2.45, 2.75) is 77.7 Å². The van der Waals surface area contributed by atoms with Gasteiger partial charge in [0.25, 0.3) is 5.91 Å². The van der Waals surface area contributed by atoms with Crippen LogP contribution in [-0.2, 0) is 35.2 Å². The molecule has 0 spiro atoms. The molecule has 2 saturated heterocycles. The number of hydrazine groups is 1. The van der Waals surface area contributed by atoms with Crippen LogP contribution in [0.5, 0.6) is 0 Å². The van der Waals surface area contributed by atoms with Gasteiger partial charge in [0, 0.05) is 63.5 Å². The first kappa shape index (κ1) is 43.3. The van der Waals surface area contributed by atoms with Crippen LogP contribution in [0.3, 0.4) is 0 Å². The van der Waals surface area contributed by atoms with Crippen LogP contribution in [0.2, 0.25) is 0 Å². The average molecular weight is 772 g/mol. The lowest BCUT2D eigenvalue weighted by molar-refractivity contribution is -0.134. The fraction of sp³-hybridized carbons (Fsp3) is 0.641. The Morgan fingerprint density at radius 2 is 1.30 bits per heavy atom. The molecule has 1 aromatic carbocycles. The van der Waals surface area contributed by atoms with Crippen LogP contribution in [0, 0.1) is 11.8 Å². The van der Waals surface area contributed by atoms with Crippen molar-refractivity contribution >= 4 is 35.0 Å². The minimum Gasteiger partial charge on any atom is -0.391 e. The summed E-state index contributed by atoms with van der Waals surface area (Å²) in [7, 11) is 0. The molecule has 4 rings (SSSR count). The Hall–Kier alpha value is -3.44. The topological polar surface area (TPSA) is 165 Å². The van der Waals surface area contributed by atoms with Crippen LogP contribution in [0.25, 0.3) is 0 Å². The highest BCUT2D eigenvalue weighted by atomic mass is 32.1. The molecule has 0 aliphatic carbocycles. The summed E-state index contributed by atoms with van der Waals surface area (Å²) >= 11 is 1.55. The Morgan fingerprint density at radius 3 is 1.80 bits per heavy atom. The number of nitrogens with one attached hydrogen (secondary N) is 4. The number of amides is 4. The minimum absolute atomic E-state index is 0.169. The van der Waals surface area contributed by atoms with Crippen molar-refractivity contribution in [2.24, 2.45) is 11.8 Å². The standard InChI is InChI=1S/C39H61N7O7S/c1-28(2)35(40-33(48)13-15-44-18-22-52-23-19-44)38(50)42-37(30-9-6-5-7-10-30)32(47)12-17-46(27-31-11-8-26-54-31)43-39(51)36(29(3)4)41-34(49)14-16-45-20-24-53-25-21-45/h5-11,26,28-29,32,35-37,47H,12-25,27H2,1-4H3,(H,40,48)(H,41,49)(H,42,50)(H,43,51). The van der Waals surface area contributed by atoms with E-state index in [1.807, 2.05) is 75.5 Å². The van der Waals surface area contributed by atoms with Crippen LogP contribution in [0.1, 0.15) is 63.4 Å². The SMILES string of the molecule is CC(C)C(NC(=O)CCN1CCOCC1)C(=O)NC(c1ccccc1)C(O)CCN(Cc1cccs1)NC(=O)C(NC(=O)CCN1CCOCC1)C(C)C. The van der Waals surface area contributed by atoms with Gasteiger partial charge < -0.3 is 30.5 Å². The molecule has 0 saturated carbocycles. The summed E-state index contributed by atoms with van der Waals surface area (Å²) in [4.78, 5) is 58.8. The van der Waals surface area contributed by atoms with E-state index < -0.39 is 24.2 Å². The van der Waals surface area contributed by atoms with Crippen molar-refractivity contribution in [2.75, 3.05) is 72.2 Å². The molecular weight excluding hydrogens is 711 g/mol. The molecule has 15 heteroatoms. The highest BCUT2D eigenvalue weighted by Gasteiger charge is 2.31. The third-order valence-corrected chi connectivity index (χ3v) is 10.6. The predicted octanol–water partition coefficient (Wildman–Crippen LogP) is 1.92. The lowest BCUT2D eigenvalue weighted by Gasteiger charge is -2.31. The number of thiophene rings is 1. The molecule has 2 aliphatic rings. The highest BCUT2D eigenvalue weighted by Crippen LogP contribution is 2.21. The van der Waals surface area contributed by atoms with Gasteiger partial charge in [-0.2, -0.15) is 0 Å². The number of morpholine rings is 2. The van der Waals surface area contributed by atoms with Gasteiger partial charge in [-0.1, -0.05) is 64.1 Å². The zero-order valence-corrected chi connectivity index (χ0v) is 33.2. The zero-order chi connectivity index (χ0) is 38.9. The maximum atomic E-state index is 13.8. The zero-order valence-electron chi connectivity index (χ0n) is 32.3. The van der Waals surface area contributed by atoms with E-state index in [9.17, 15) is 24.3 Å². The molecule has 3 heterocycles. The number of ether oxygens (including phenoxy) is 2. The molecule has 0 bridgehead atoms. The van der Waals surface area contributed by atoms with Gasteiger partial charge in [0.2, 0.25) is 17.7 Å². The molecule has 2 aromatic rings. The summed E-state index contributed by atoms with van der Waals surface area (Å²) < 4.78 is 10.8. The second-order valence-corrected chi connectivity index (χ2v) is 15.7. The maximum absolute atomic E-state index is 13.8. The molecule has 4 unspecified atom stereocenters. The Balaban J connectivity index is 1.39. The largest absolute Gasteiger partial charge is 0.391 e. The lowest BCUT2D eigenvalue weighted by Crippen LogP contribution is -2.55. The van der Waals surface area contributed by atoms with Crippen molar-refractivity contribution in [3.63, 3.8) is 0 Å². The lowest BCUT2D eigenvalue weighted by atomic mass is 9.97. The third kappa shape index (κ3) is 14.7. The van der Waals surface area contributed by atoms with E-state index in [2.05, 4.69) is 31.2 Å². The summed E-state index contributed by atoms with van der Waals surface area (Å²) in [6.45, 7) is 15.1. The maximum Gasteiger partial charge on any atom is 0.257 e. The van der Waals surface area contributed by atoms with E-state index >= 15 is 0 Å². The normalized spacial score (nSPS) is 17.9. The van der Waals surface area contributed by atoms with E-state index in [-0.39, 0.29) is 61.3 Å². The number of carbonyl (C=O) groups is 4. The predicted molar refractivity (Wildman–Crippen MR) is 208 cm³/mol. The van der Waals surface area contributed by atoms with Crippen molar-refractivity contribution in [3.05, 3.63) is 58.3 Å². The first-order chi connectivity index (χ1) is 26.0. The number of carbonyl (C=O) groups excluding carboxylic acids is 4. The Kier molecular flexibility index (Phi) is 18.3. The van der Waals surface area contributed by atoms with Gasteiger partial charge in [0.05, 0.1) is 45.1 Å². The smallest absolute Gasteiger partial charge is 0.257 e. The number of aliphatic hydroxyl groups is 1. The molecule has 54 heavy (non-hydrogen) atoms. The van der Waals surface area contributed by atoms with Crippen molar-refractivity contribution in [3.8, 4) is 0 Å². The molecule has 14 nitrogen and oxygen atoms in total. The fourth-order valence-electron chi connectivity index (χ4n) is 6.48. The average Bonchev–Trinajstić information content (AvgIpc) is 3.69. The van der Waals surface area contributed by atoms with E-state index in [1.54, 1.807) is 16.3 Å². The van der Waals surface area contributed by atoms with E-state index in [0.717, 1.165) is 31.1 Å². The molecule has 4 amide bonds. The van der Waals surface area contributed by atoms with Gasteiger partial charge in [-0.25, -0.2) is 5.01 Å². The van der Waals surface area contributed by atoms with Crippen LogP contribution in [0.4, 0.5) is 0 Å². The number of benzene rings is 1. The number of rotatable bonds is 21. The summed E-state index contributed by atoms with van der Waals surface area (Å²) in [5, 5.41) is 24.3. The molecule has 4 atom stereocenters. The van der Waals surface area contributed by atoms with Gasteiger partial charge in [0.15, 0.2) is 0 Å².